The molecule has 14 heteroatoms. The van der Waals surface area contributed by atoms with Crippen LogP contribution in [0.5, 0.6) is 0 Å². The first kappa shape index (κ1) is 57.2. The van der Waals surface area contributed by atoms with E-state index in [2.05, 4.69) is 66.2 Å². The molecule has 0 atom stereocenters. The van der Waals surface area contributed by atoms with Gasteiger partial charge in [-0.25, -0.2) is 9.13 Å². The Balaban J connectivity index is -0.000000724. The number of amides is 2. The Morgan fingerprint density at radius 2 is 1.11 bits per heavy atom. The first-order valence-corrected chi connectivity index (χ1v) is 20.7. The number of aromatic nitrogens is 2. The summed E-state index contributed by atoms with van der Waals surface area (Å²) in [6.07, 6.45) is 18.0. The van der Waals surface area contributed by atoms with Gasteiger partial charge in [0.2, 0.25) is 18.1 Å². The van der Waals surface area contributed by atoms with Gasteiger partial charge in [0.15, 0.2) is 0 Å². The summed E-state index contributed by atoms with van der Waals surface area (Å²) in [6.45, 7) is 28.5. The van der Waals surface area contributed by atoms with E-state index in [9.17, 15) is 9.59 Å². The zero-order valence-electron chi connectivity index (χ0n) is 35.2. The summed E-state index contributed by atoms with van der Waals surface area (Å²) in [5.74, 6) is -0.570. The Bertz CT molecular complexity index is 878. The van der Waals surface area contributed by atoms with Crippen LogP contribution < -0.4 is 49.2 Å². The van der Waals surface area contributed by atoms with Crippen molar-refractivity contribution in [2.45, 2.75) is 125 Å². The average molecular weight is 904 g/mol. The van der Waals surface area contributed by atoms with Crippen LogP contribution in [0.4, 0.5) is 0 Å². The van der Waals surface area contributed by atoms with Crippen molar-refractivity contribution in [3.63, 3.8) is 0 Å². The van der Waals surface area contributed by atoms with E-state index in [-0.39, 0.29) is 52.2 Å². The van der Waals surface area contributed by atoms with Crippen molar-refractivity contribution in [1.82, 2.24) is 15.2 Å². The Labute approximate surface area is 351 Å². The molecule has 2 amide bonds. The number of nitrogens with zero attached hydrogens (tertiary/aromatic N) is 3. The van der Waals surface area contributed by atoms with Crippen molar-refractivity contribution in [3.8, 4) is 0 Å². The molecule has 0 unspecified atom stereocenters. The Morgan fingerprint density at radius 1 is 0.648 bits per heavy atom. The zero-order chi connectivity index (χ0) is 38.4. The highest BCUT2D eigenvalue weighted by Crippen LogP contribution is 2.14. The fourth-order valence-corrected chi connectivity index (χ4v) is 5.46. The van der Waals surface area contributed by atoms with Gasteiger partial charge in [-0.05, 0) is 38.5 Å². The number of ether oxygens (including phenoxy) is 5. The molecule has 12 nitrogen and oxygen atoms in total. The van der Waals surface area contributed by atoms with Gasteiger partial charge in [0.05, 0.1) is 65.8 Å². The van der Waals surface area contributed by atoms with E-state index in [0.717, 1.165) is 104 Å². The van der Waals surface area contributed by atoms with Crippen LogP contribution in [0.3, 0.4) is 0 Å². The number of hydrogen-bond acceptors (Lipinski definition) is 7. The lowest BCUT2D eigenvalue weighted by Gasteiger charge is -2.41. The number of hydrogen-bond donors (Lipinski definition) is 2. The number of nitrogens with one attached hydrogen (secondary N) is 2. The highest BCUT2D eigenvalue weighted by Gasteiger charge is 2.29. The molecule has 1 aromatic rings. The molecule has 1 aliphatic rings. The molecule has 0 spiro atoms. The van der Waals surface area contributed by atoms with Crippen LogP contribution in [0.2, 0.25) is 0 Å². The number of aryl methyl sites for hydroxylation is 2. The van der Waals surface area contributed by atoms with Gasteiger partial charge in [-0.3, -0.25) is 9.59 Å². The van der Waals surface area contributed by atoms with Crippen LogP contribution in [0.25, 0.3) is 0 Å². The third kappa shape index (κ3) is 35.3. The normalized spacial score (nSPS) is 12.9. The van der Waals surface area contributed by atoms with Crippen LogP contribution in [-0.2, 0) is 46.4 Å². The van der Waals surface area contributed by atoms with Gasteiger partial charge in [0.1, 0.15) is 31.9 Å². The second kappa shape index (κ2) is 43.0. The average Bonchev–Trinajstić information content (AvgIpc) is 3.61. The van der Waals surface area contributed by atoms with Crippen molar-refractivity contribution in [1.29, 1.82) is 0 Å². The molecule has 0 saturated carbocycles. The van der Waals surface area contributed by atoms with Gasteiger partial charge in [0.25, 0.3) is 0 Å². The third-order valence-corrected chi connectivity index (χ3v) is 8.40. The summed E-state index contributed by atoms with van der Waals surface area (Å²) >= 11 is 0. The number of carbonyl (C=O) groups excluding carboxylic acids is 2. The van der Waals surface area contributed by atoms with E-state index < -0.39 is 0 Å². The lowest BCUT2D eigenvalue weighted by Crippen LogP contribution is -3.00. The van der Waals surface area contributed by atoms with Crippen LogP contribution >= 0.6 is 0 Å². The molecular formula is C40H81Br2N5O7. The summed E-state index contributed by atoms with van der Waals surface area (Å²) in [5.41, 5.74) is 0. The number of carbonyl (C=O) groups is 2. The highest BCUT2D eigenvalue weighted by molar-refractivity contribution is 5.96. The number of quaternary nitrogens is 1. The Morgan fingerprint density at radius 3 is 1.56 bits per heavy atom. The van der Waals surface area contributed by atoms with Gasteiger partial charge in [-0.2, -0.15) is 0 Å². The standard InChI is InChI=1S/C16H34NO3.C13H26N2O4.C11H21N2.2BrH/c1-3-11-18-13-5-7-17(9-15-20-16-10-17)8-6-14-19-12-4-2;1-3-7-18-9-5-14-12(16)11-13(17)15-6-10-19-8-4-2;1-3-5-7-12-9-10-13(11-12)8-6-4-2;;/h3-16H2,1-2H3;3-11H2,1-2H3,(H,14,16)(H,15,17);9-11H,3-8H2,1-2H3;2*1H/q+1;;+1;;/p-2. The Hall–Kier alpha value is -1.13. The second-order valence-corrected chi connectivity index (χ2v) is 13.5. The molecule has 0 aliphatic carbocycles. The van der Waals surface area contributed by atoms with E-state index in [1.807, 2.05) is 13.8 Å². The van der Waals surface area contributed by atoms with Gasteiger partial charge >= 0.3 is 0 Å². The summed E-state index contributed by atoms with van der Waals surface area (Å²) in [4.78, 5) is 22.7. The predicted octanol–water partition coefficient (Wildman–Crippen LogP) is -0.687. The van der Waals surface area contributed by atoms with E-state index in [4.69, 9.17) is 23.7 Å². The summed E-state index contributed by atoms with van der Waals surface area (Å²) in [7, 11) is 0. The molecule has 1 fully saturated rings. The van der Waals surface area contributed by atoms with E-state index >= 15 is 0 Å². The third-order valence-electron chi connectivity index (χ3n) is 8.40. The number of rotatable bonds is 30. The number of unbranched alkanes of at least 4 members (excludes halogenated alkanes) is 2. The van der Waals surface area contributed by atoms with E-state index in [1.54, 1.807) is 0 Å². The fourth-order valence-electron chi connectivity index (χ4n) is 5.46. The lowest BCUT2D eigenvalue weighted by molar-refractivity contribution is -0.935. The molecule has 0 aromatic carbocycles. The maximum Gasteiger partial charge on any atom is 0.243 e. The molecular weight excluding hydrogens is 822 g/mol. The van der Waals surface area contributed by atoms with Crippen molar-refractivity contribution in [2.24, 2.45) is 0 Å². The molecule has 2 rings (SSSR count). The highest BCUT2D eigenvalue weighted by atomic mass is 79.9. The molecule has 1 saturated heterocycles. The summed E-state index contributed by atoms with van der Waals surface area (Å²) in [5, 5.41) is 5.25. The predicted molar refractivity (Wildman–Crippen MR) is 209 cm³/mol. The number of halogens is 2. The smallest absolute Gasteiger partial charge is 0.243 e. The van der Waals surface area contributed by atoms with Gasteiger partial charge in [-0.1, -0.05) is 54.4 Å². The molecule has 2 N–H and O–H groups in total. The molecule has 54 heavy (non-hydrogen) atoms. The molecule has 2 heterocycles. The largest absolute Gasteiger partial charge is 1.00 e. The van der Waals surface area contributed by atoms with Crippen molar-refractivity contribution >= 4 is 11.8 Å². The summed E-state index contributed by atoms with van der Waals surface area (Å²) in [6, 6.07) is 0. The summed E-state index contributed by atoms with van der Waals surface area (Å²) < 4.78 is 32.9. The minimum absolute atomic E-state index is 0. The van der Waals surface area contributed by atoms with Crippen LogP contribution in [0.1, 0.15) is 112 Å². The maximum atomic E-state index is 11.4. The molecule has 0 radical (unpaired) electrons. The van der Waals surface area contributed by atoms with Crippen LogP contribution in [0, 0.1) is 0 Å². The molecule has 1 aromatic heterocycles. The topological polar surface area (TPSA) is 113 Å². The fraction of sp³-hybridized carbons (Fsp3) is 0.875. The molecule has 0 bridgehead atoms. The van der Waals surface area contributed by atoms with Crippen LogP contribution in [-0.4, -0.2) is 126 Å². The van der Waals surface area contributed by atoms with E-state index in [1.165, 1.54) is 43.3 Å². The van der Waals surface area contributed by atoms with Gasteiger partial charge in [-0.15, -0.1) is 0 Å². The maximum absolute atomic E-state index is 11.4. The number of morpholine rings is 1. The minimum Gasteiger partial charge on any atom is -1.00 e. The lowest BCUT2D eigenvalue weighted by atomic mass is 10.2. The van der Waals surface area contributed by atoms with Crippen molar-refractivity contribution in [3.05, 3.63) is 18.7 Å². The first-order chi connectivity index (χ1) is 25.4. The second-order valence-electron chi connectivity index (χ2n) is 13.5. The molecule has 1 aliphatic heterocycles. The van der Waals surface area contributed by atoms with Crippen LogP contribution in [0.15, 0.2) is 18.7 Å². The first-order valence-electron chi connectivity index (χ1n) is 20.7. The SMILES string of the molecule is CCCCn1cc[n+](CCCC)c1.CCCOCCC[N+]1(CCCOCCC)CCOCC1.CCCOCCNC(=O)CC(=O)NCCOCCC.[Br-].[Br-]. The van der Waals surface area contributed by atoms with Crippen molar-refractivity contribution < 1.29 is 76.3 Å². The van der Waals surface area contributed by atoms with Gasteiger partial charge in [0, 0.05) is 52.4 Å². The zero-order valence-corrected chi connectivity index (χ0v) is 38.4. The number of imidazole rings is 1. The molecule has 322 valence electrons. The van der Waals surface area contributed by atoms with E-state index in [0.29, 0.717) is 39.5 Å². The van der Waals surface area contributed by atoms with Crippen molar-refractivity contribution in [2.75, 3.05) is 105 Å². The van der Waals surface area contributed by atoms with Gasteiger partial charge < -0.3 is 72.8 Å². The Kier molecular flexibility index (Phi) is 45.5. The quantitative estimate of drug-likeness (QED) is 0.0456. The monoisotopic (exact) mass is 901 g/mol. The minimum atomic E-state index is -0.285.